The van der Waals surface area contributed by atoms with Gasteiger partial charge in [-0.05, 0) is 50.6 Å². The van der Waals surface area contributed by atoms with E-state index in [4.69, 9.17) is 11.6 Å². The molecule has 110 valence electrons. The predicted molar refractivity (Wildman–Crippen MR) is 89.1 cm³/mol. The first-order valence-electron chi connectivity index (χ1n) is 6.86. The maximum atomic E-state index is 12.1. The molecule has 0 bridgehead atoms. The third kappa shape index (κ3) is 4.23. The molecule has 0 aliphatic heterocycles. The van der Waals surface area contributed by atoms with Gasteiger partial charge in [0.05, 0.1) is 0 Å². The number of benzene rings is 2. The van der Waals surface area contributed by atoms with Gasteiger partial charge in [0.1, 0.15) is 6.04 Å². The molecular formula is C17H19ClN2O. The Hall–Kier alpha value is -2.00. The molecule has 1 unspecified atom stereocenters. The van der Waals surface area contributed by atoms with Gasteiger partial charge < -0.3 is 10.6 Å². The van der Waals surface area contributed by atoms with E-state index in [-0.39, 0.29) is 11.9 Å². The van der Waals surface area contributed by atoms with Crippen LogP contribution < -0.4 is 10.6 Å². The predicted octanol–water partition coefficient (Wildman–Crippen LogP) is 4.40. The lowest BCUT2D eigenvalue weighted by atomic mass is 10.2. The molecule has 0 aliphatic rings. The lowest BCUT2D eigenvalue weighted by molar-refractivity contribution is -0.116. The highest BCUT2D eigenvalue weighted by molar-refractivity contribution is 6.31. The molecule has 0 fully saturated rings. The zero-order chi connectivity index (χ0) is 15.4. The summed E-state index contributed by atoms with van der Waals surface area (Å²) in [5.41, 5.74) is 3.80. The van der Waals surface area contributed by atoms with Gasteiger partial charge >= 0.3 is 0 Å². The van der Waals surface area contributed by atoms with Crippen LogP contribution in [0.1, 0.15) is 18.1 Å². The highest BCUT2D eigenvalue weighted by Gasteiger charge is 2.13. The van der Waals surface area contributed by atoms with E-state index in [0.717, 1.165) is 22.5 Å². The van der Waals surface area contributed by atoms with Gasteiger partial charge in [0, 0.05) is 16.4 Å². The van der Waals surface area contributed by atoms with E-state index in [1.165, 1.54) is 0 Å². The standard InChI is InChI=1S/C17H19ClN2O/c1-11-4-7-14(8-5-11)20-17(21)13(3)19-15-9-6-12(2)16(18)10-15/h4-10,13,19H,1-3H3,(H,20,21). The van der Waals surface area contributed by atoms with E-state index in [1.807, 2.05) is 63.2 Å². The number of halogens is 1. The smallest absolute Gasteiger partial charge is 0.246 e. The van der Waals surface area contributed by atoms with Crippen molar-refractivity contribution in [1.29, 1.82) is 0 Å². The van der Waals surface area contributed by atoms with Crippen molar-refractivity contribution < 1.29 is 4.79 Å². The molecule has 0 saturated heterocycles. The van der Waals surface area contributed by atoms with Crippen LogP contribution in [0.5, 0.6) is 0 Å². The third-order valence-electron chi connectivity index (χ3n) is 3.27. The van der Waals surface area contributed by atoms with Gasteiger partial charge in [-0.2, -0.15) is 0 Å². The Balaban J connectivity index is 1.98. The van der Waals surface area contributed by atoms with Crippen LogP contribution >= 0.6 is 11.6 Å². The van der Waals surface area contributed by atoms with Crippen LogP contribution in [-0.4, -0.2) is 11.9 Å². The van der Waals surface area contributed by atoms with E-state index in [1.54, 1.807) is 0 Å². The van der Waals surface area contributed by atoms with Crippen molar-refractivity contribution in [3.05, 3.63) is 58.6 Å². The highest BCUT2D eigenvalue weighted by Crippen LogP contribution is 2.20. The highest BCUT2D eigenvalue weighted by atomic mass is 35.5. The van der Waals surface area contributed by atoms with Gasteiger partial charge in [-0.15, -0.1) is 0 Å². The second-order valence-electron chi connectivity index (χ2n) is 5.19. The first-order valence-corrected chi connectivity index (χ1v) is 7.24. The van der Waals surface area contributed by atoms with Crippen LogP contribution in [0.15, 0.2) is 42.5 Å². The number of carbonyl (C=O) groups excluding carboxylic acids is 1. The average molecular weight is 303 g/mol. The van der Waals surface area contributed by atoms with Gasteiger partial charge in [-0.1, -0.05) is 35.4 Å². The Morgan fingerprint density at radius 1 is 1.05 bits per heavy atom. The number of carbonyl (C=O) groups is 1. The maximum absolute atomic E-state index is 12.1. The van der Waals surface area contributed by atoms with Gasteiger partial charge in [0.25, 0.3) is 0 Å². The molecule has 21 heavy (non-hydrogen) atoms. The fourth-order valence-electron chi connectivity index (χ4n) is 1.89. The zero-order valence-electron chi connectivity index (χ0n) is 12.4. The second kappa shape index (κ2) is 6.64. The lowest BCUT2D eigenvalue weighted by Gasteiger charge is -2.16. The van der Waals surface area contributed by atoms with E-state index < -0.39 is 0 Å². The molecule has 0 saturated carbocycles. The SMILES string of the molecule is Cc1ccc(NC(=O)C(C)Nc2ccc(C)c(Cl)c2)cc1. The molecule has 2 aromatic rings. The van der Waals surface area contributed by atoms with Crippen LogP contribution in [0.25, 0.3) is 0 Å². The minimum absolute atomic E-state index is 0.0875. The number of amides is 1. The summed E-state index contributed by atoms with van der Waals surface area (Å²) in [7, 11) is 0. The average Bonchev–Trinajstić information content (AvgIpc) is 2.45. The van der Waals surface area contributed by atoms with Gasteiger partial charge in [0.2, 0.25) is 5.91 Å². The van der Waals surface area contributed by atoms with Crippen molar-refractivity contribution in [2.24, 2.45) is 0 Å². The second-order valence-corrected chi connectivity index (χ2v) is 5.59. The van der Waals surface area contributed by atoms with E-state index >= 15 is 0 Å². The molecule has 4 heteroatoms. The fraction of sp³-hybridized carbons (Fsp3) is 0.235. The number of aryl methyl sites for hydroxylation is 2. The monoisotopic (exact) mass is 302 g/mol. The summed E-state index contributed by atoms with van der Waals surface area (Å²) in [6.07, 6.45) is 0. The molecule has 0 spiro atoms. The Kier molecular flexibility index (Phi) is 4.86. The zero-order valence-corrected chi connectivity index (χ0v) is 13.2. The minimum Gasteiger partial charge on any atom is -0.374 e. The Morgan fingerprint density at radius 3 is 2.29 bits per heavy atom. The van der Waals surface area contributed by atoms with Crippen LogP contribution in [0.2, 0.25) is 5.02 Å². The van der Waals surface area contributed by atoms with Crippen molar-refractivity contribution >= 4 is 28.9 Å². The Labute approximate surface area is 130 Å². The number of hydrogen-bond acceptors (Lipinski definition) is 2. The third-order valence-corrected chi connectivity index (χ3v) is 3.67. The molecule has 1 atom stereocenters. The molecule has 0 heterocycles. The molecular weight excluding hydrogens is 284 g/mol. The van der Waals surface area contributed by atoms with E-state index in [0.29, 0.717) is 5.02 Å². The topological polar surface area (TPSA) is 41.1 Å². The normalized spacial score (nSPS) is 11.8. The van der Waals surface area contributed by atoms with Crippen LogP contribution in [-0.2, 0) is 4.79 Å². The molecule has 1 amide bonds. The molecule has 3 nitrogen and oxygen atoms in total. The van der Waals surface area contributed by atoms with Crippen LogP contribution in [0, 0.1) is 13.8 Å². The maximum Gasteiger partial charge on any atom is 0.246 e. The van der Waals surface area contributed by atoms with Gasteiger partial charge in [-0.3, -0.25) is 4.79 Å². The first kappa shape index (κ1) is 15.4. The summed E-state index contributed by atoms with van der Waals surface area (Å²) in [5, 5.41) is 6.71. The number of rotatable bonds is 4. The number of nitrogens with one attached hydrogen (secondary N) is 2. The number of anilines is 2. The first-order chi connectivity index (χ1) is 9.95. The van der Waals surface area contributed by atoms with Crippen LogP contribution in [0.3, 0.4) is 0 Å². The fourth-order valence-corrected chi connectivity index (χ4v) is 2.07. The lowest BCUT2D eigenvalue weighted by Crippen LogP contribution is -2.31. The van der Waals surface area contributed by atoms with Crippen LogP contribution in [0.4, 0.5) is 11.4 Å². The molecule has 2 rings (SSSR count). The summed E-state index contributed by atoms with van der Waals surface area (Å²) >= 11 is 6.08. The van der Waals surface area contributed by atoms with Crippen molar-refractivity contribution in [3.8, 4) is 0 Å². The molecule has 2 N–H and O–H groups in total. The molecule has 0 radical (unpaired) electrons. The molecule has 2 aromatic carbocycles. The summed E-state index contributed by atoms with van der Waals surface area (Å²) < 4.78 is 0. The van der Waals surface area contributed by atoms with Crippen molar-refractivity contribution in [1.82, 2.24) is 0 Å². The van der Waals surface area contributed by atoms with Crippen molar-refractivity contribution in [3.63, 3.8) is 0 Å². The Bertz CT molecular complexity index is 638. The van der Waals surface area contributed by atoms with E-state index in [2.05, 4.69) is 10.6 Å². The van der Waals surface area contributed by atoms with E-state index in [9.17, 15) is 4.79 Å². The molecule has 0 aromatic heterocycles. The summed E-state index contributed by atoms with van der Waals surface area (Å²) in [5.74, 6) is -0.0875. The summed E-state index contributed by atoms with van der Waals surface area (Å²) in [6.45, 7) is 5.77. The summed E-state index contributed by atoms with van der Waals surface area (Å²) in [4.78, 5) is 12.1. The van der Waals surface area contributed by atoms with Gasteiger partial charge in [0.15, 0.2) is 0 Å². The number of hydrogen-bond donors (Lipinski definition) is 2. The van der Waals surface area contributed by atoms with Crippen molar-refractivity contribution in [2.45, 2.75) is 26.8 Å². The Morgan fingerprint density at radius 2 is 1.67 bits per heavy atom. The minimum atomic E-state index is -0.356. The van der Waals surface area contributed by atoms with Gasteiger partial charge in [-0.25, -0.2) is 0 Å². The molecule has 0 aliphatic carbocycles. The quantitative estimate of drug-likeness (QED) is 0.879. The summed E-state index contributed by atoms with van der Waals surface area (Å²) in [6, 6.07) is 13.0. The largest absolute Gasteiger partial charge is 0.374 e. The van der Waals surface area contributed by atoms with Crippen molar-refractivity contribution in [2.75, 3.05) is 10.6 Å².